The number of hydrogen-bond donors (Lipinski definition) is 2. The lowest BCUT2D eigenvalue weighted by molar-refractivity contribution is -0.133. The molecule has 1 aliphatic rings. The van der Waals surface area contributed by atoms with E-state index in [-0.39, 0.29) is 12.3 Å². The second kappa shape index (κ2) is 3.35. The van der Waals surface area contributed by atoms with E-state index in [4.69, 9.17) is 10.9 Å². The van der Waals surface area contributed by atoms with Gasteiger partial charge in [0.05, 0.1) is 12.3 Å². The van der Waals surface area contributed by atoms with Gasteiger partial charge in [-0.1, -0.05) is 0 Å². The molecule has 0 spiro atoms. The molecule has 4 nitrogen and oxygen atoms in total. The second-order valence-electron chi connectivity index (χ2n) is 2.54. The van der Waals surface area contributed by atoms with Gasteiger partial charge >= 0.3 is 6.18 Å². The average Bonchev–Trinajstić information content (AvgIpc) is 2.01. The third-order valence-electron chi connectivity index (χ3n) is 1.51. The van der Waals surface area contributed by atoms with Gasteiger partial charge in [0.2, 0.25) is 0 Å². The number of hydrogen-bond acceptors (Lipinski definition) is 4. The van der Waals surface area contributed by atoms with Gasteiger partial charge in [-0.15, -0.1) is 0 Å². The molecular formula is C6H8F3N3O. The van der Waals surface area contributed by atoms with Crippen molar-refractivity contribution in [2.24, 2.45) is 10.7 Å². The summed E-state index contributed by atoms with van der Waals surface area (Å²) in [5.41, 5.74) is 4.55. The van der Waals surface area contributed by atoms with Crippen molar-refractivity contribution in [1.29, 1.82) is 0 Å². The van der Waals surface area contributed by atoms with E-state index < -0.39 is 12.2 Å². The van der Waals surface area contributed by atoms with E-state index in [1.54, 1.807) is 0 Å². The molecular weight excluding hydrogens is 187 g/mol. The van der Waals surface area contributed by atoms with E-state index in [1.807, 2.05) is 0 Å². The number of rotatable bonds is 1. The van der Waals surface area contributed by atoms with E-state index in [0.29, 0.717) is 5.06 Å². The van der Waals surface area contributed by atoms with Crippen molar-refractivity contribution in [1.82, 2.24) is 5.06 Å². The Kier molecular flexibility index (Phi) is 2.58. The van der Waals surface area contributed by atoms with Crippen molar-refractivity contribution in [2.45, 2.75) is 12.2 Å². The number of alkyl halides is 3. The molecule has 0 radical (unpaired) electrons. The van der Waals surface area contributed by atoms with E-state index in [9.17, 15) is 13.2 Å². The summed E-state index contributed by atoms with van der Waals surface area (Å²) in [7, 11) is 0. The standard InChI is InChI=1S/C6H8F3N3O/c7-6(8,9)5(10)4-3-12(13)2-1-11-4/h1-2,5,13H,3,10H2. The minimum atomic E-state index is -4.52. The van der Waals surface area contributed by atoms with Gasteiger partial charge in [0, 0.05) is 12.4 Å². The van der Waals surface area contributed by atoms with Gasteiger partial charge in [-0.2, -0.15) is 13.2 Å². The van der Waals surface area contributed by atoms with E-state index in [1.165, 1.54) is 0 Å². The summed E-state index contributed by atoms with van der Waals surface area (Å²) < 4.78 is 36.1. The quantitative estimate of drug-likeness (QED) is 0.640. The van der Waals surface area contributed by atoms with Crippen molar-refractivity contribution in [3.05, 3.63) is 12.4 Å². The van der Waals surface area contributed by atoms with Gasteiger partial charge < -0.3 is 5.73 Å². The fourth-order valence-electron chi connectivity index (χ4n) is 0.833. The molecule has 1 aliphatic heterocycles. The Bertz CT molecular complexity index is 248. The molecule has 13 heavy (non-hydrogen) atoms. The van der Waals surface area contributed by atoms with Crippen molar-refractivity contribution in [2.75, 3.05) is 6.54 Å². The number of aliphatic imine (C=N–C) groups is 1. The first kappa shape index (κ1) is 10.0. The molecule has 0 amide bonds. The SMILES string of the molecule is NC(C1=NC=CN(O)C1)C(F)(F)F. The zero-order chi connectivity index (χ0) is 10.1. The van der Waals surface area contributed by atoms with E-state index in [2.05, 4.69) is 4.99 Å². The van der Waals surface area contributed by atoms with Gasteiger partial charge in [0.1, 0.15) is 6.04 Å². The Balaban J connectivity index is 2.73. The highest BCUT2D eigenvalue weighted by Crippen LogP contribution is 2.20. The minimum Gasteiger partial charge on any atom is -0.315 e. The van der Waals surface area contributed by atoms with Crippen molar-refractivity contribution < 1.29 is 18.4 Å². The number of nitrogens with zero attached hydrogens (tertiary/aromatic N) is 2. The lowest BCUT2D eigenvalue weighted by Gasteiger charge is -2.22. The van der Waals surface area contributed by atoms with Crippen LogP contribution < -0.4 is 5.73 Å². The summed E-state index contributed by atoms with van der Waals surface area (Å²) in [5, 5.41) is 9.43. The summed E-state index contributed by atoms with van der Waals surface area (Å²) in [6.07, 6.45) is -2.32. The maximum absolute atomic E-state index is 12.0. The van der Waals surface area contributed by atoms with Crippen LogP contribution in [0.1, 0.15) is 0 Å². The molecule has 0 aliphatic carbocycles. The molecule has 0 saturated carbocycles. The molecule has 0 aromatic rings. The maximum Gasteiger partial charge on any atom is 0.408 e. The smallest absolute Gasteiger partial charge is 0.315 e. The van der Waals surface area contributed by atoms with Crippen LogP contribution in [0.5, 0.6) is 0 Å². The first-order valence-electron chi connectivity index (χ1n) is 3.42. The van der Waals surface area contributed by atoms with Crippen LogP contribution in [0, 0.1) is 0 Å². The van der Waals surface area contributed by atoms with Gasteiger partial charge in [-0.25, -0.2) is 0 Å². The number of hydroxylamine groups is 2. The minimum absolute atomic E-state index is 0.308. The molecule has 0 aromatic heterocycles. The first-order chi connectivity index (χ1) is 5.91. The number of halogens is 3. The molecule has 1 rings (SSSR count). The van der Waals surface area contributed by atoms with Crippen LogP contribution >= 0.6 is 0 Å². The molecule has 3 N–H and O–H groups in total. The highest BCUT2D eigenvalue weighted by atomic mass is 19.4. The normalized spacial score (nSPS) is 20.1. The summed E-state index contributed by atoms with van der Waals surface area (Å²) in [6.45, 7) is -0.322. The van der Waals surface area contributed by atoms with E-state index >= 15 is 0 Å². The zero-order valence-electron chi connectivity index (χ0n) is 6.49. The highest BCUT2D eigenvalue weighted by molar-refractivity contribution is 5.92. The Labute approximate surface area is 72.1 Å². The van der Waals surface area contributed by atoms with Crippen molar-refractivity contribution in [3.8, 4) is 0 Å². The lowest BCUT2D eigenvalue weighted by atomic mass is 10.1. The predicted octanol–water partition coefficient (Wildman–Crippen LogP) is 0.493. The summed E-state index contributed by atoms with van der Waals surface area (Å²) in [5.74, 6) is 0. The largest absolute Gasteiger partial charge is 0.408 e. The Hall–Kier alpha value is -1.08. The summed E-state index contributed by atoms with van der Waals surface area (Å²) in [6, 6.07) is -2.12. The second-order valence-corrected chi connectivity index (χ2v) is 2.54. The van der Waals surface area contributed by atoms with Gasteiger partial charge in [0.15, 0.2) is 0 Å². The Morgan fingerprint density at radius 3 is 2.69 bits per heavy atom. The third-order valence-corrected chi connectivity index (χ3v) is 1.51. The monoisotopic (exact) mass is 195 g/mol. The fraction of sp³-hybridized carbons (Fsp3) is 0.500. The highest BCUT2D eigenvalue weighted by Gasteiger charge is 2.40. The molecule has 0 fully saturated rings. The first-order valence-corrected chi connectivity index (χ1v) is 3.42. The Morgan fingerprint density at radius 1 is 1.62 bits per heavy atom. The van der Waals surface area contributed by atoms with Crippen LogP contribution in [0.15, 0.2) is 17.4 Å². The molecule has 1 heterocycles. The van der Waals surface area contributed by atoms with E-state index in [0.717, 1.165) is 12.4 Å². The van der Waals surface area contributed by atoms with Gasteiger partial charge in [0.25, 0.3) is 0 Å². The van der Waals surface area contributed by atoms with Crippen molar-refractivity contribution in [3.63, 3.8) is 0 Å². The van der Waals surface area contributed by atoms with Crippen LogP contribution in [-0.4, -0.2) is 34.7 Å². The van der Waals surface area contributed by atoms with Gasteiger partial charge in [-0.3, -0.25) is 15.3 Å². The topological polar surface area (TPSA) is 61.8 Å². The maximum atomic E-state index is 12.0. The van der Waals surface area contributed by atoms with Gasteiger partial charge in [-0.05, 0) is 0 Å². The zero-order valence-corrected chi connectivity index (χ0v) is 6.49. The molecule has 0 bridgehead atoms. The molecule has 74 valence electrons. The van der Waals surface area contributed by atoms with Crippen molar-refractivity contribution >= 4 is 5.71 Å². The van der Waals surface area contributed by atoms with Crippen LogP contribution in [0.2, 0.25) is 0 Å². The molecule has 1 unspecified atom stereocenters. The van der Waals surface area contributed by atoms with Crippen LogP contribution in [0.25, 0.3) is 0 Å². The average molecular weight is 195 g/mol. The predicted molar refractivity (Wildman–Crippen MR) is 39.1 cm³/mol. The lowest BCUT2D eigenvalue weighted by Crippen LogP contribution is -2.48. The molecule has 0 saturated heterocycles. The molecule has 7 heteroatoms. The fourth-order valence-corrected chi connectivity index (χ4v) is 0.833. The molecule has 0 aromatic carbocycles. The van der Waals surface area contributed by atoms with Crippen LogP contribution in [0.3, 0.4) is 0 Å². The van der Waals surface area contributed by atoms with Crippen LogP contribution in [-0.2, 0) is 0 Å². The Morgan fingerprint density at radius 2 is 2.23 bits per heavy atom. The van der Waals surface area contributed by atoms with Crippen LogP contribution in [0.4, 0.5) is 13.2 Å². The number of nitrogens with two attached hydrogens (primary N) is 1. The molecule has 1 atom stereocenters. The summed E-state index contributed by atoms with van der Waals surface area (Å²) >= 11 is 0. The third kappa shape index (κ3) is 2.43. The summed E-state index contributed by atoms with van der Waals surface area (Å²) in [4.78, 5) is 3.44.